The minimum Gasteiger partial charge on any atom is -0.469 e. The van der Waals surface area contributed by atoms with Gasteiger partial charge in [0.25, 0.3) is 0 Å². The lowest BCUT2D eigenvalue weighted by Gasteiger charge is -2.37. The number of urea groups is 1. The summed E-state index contributed by atoms with van der Waals surface area (Å²) in [6, 6.07) is 13.6. The Morgan fingerprint density at radius 1 is 0.953 bits per heavy atom. The van der Waals surface area contributed by atoms with Gasteiger partial charge in [-0.25, -0.2) is 13.6 Å². The number of nitrogens with one attached hydrogen (secondary N) is 2. The Kier molecular flexibility index (Phi) is 9.53. The number of hydrogen-bond donors (Lipinski definition) is 3. The average Bonchev–Trinajstić information content (AvgIpc) is 3.32. The van der Waals surface area contributed by atoms with E-state index in [4.69, 9.17) is 4.74 Å². The zero-order chi connectivity index (χ0) is 31.4. The van der Waals surface area contributed by atoms with Gasteiger partial charge in [0, 0.05) is 12.5 Å². The summed E-state index contributed by atoms with van der Waals surface area (Å²) in [6.07, 6.45) is -10.4. The van der Waals surface area contributed by atoms with Gasteiger partial charge < -0.3 is 25.2 Å². The van der Waals surface area contributed by atoms with Gasteiger partial charge >= 0.3 is 24.5 Å². The second-order valence-corrected chi connectivity index (χ2v) is 10.2. The first-order valence-electron chi connectivity index (χ1n) is 13.1. The zero-order valence-corrected chi connectivity index (χ0v) is 22.7. The number of methoxy groups -OCH3 is 1. The van der Waals surface area contributed by atoms with Gasteiger partial charge in [0.15, 0.2) is 0 Å². The van der Waals surface area contributed by atoms with Crippen LogP contribution in [0.1, 0.15) is 29.5 Å². The van der Waals surface area contributed by atoms with Crippen molar-refractivity contribution in [3.8, 4) is 5.75 Å². The molecular weight excluding hydrogens is 582 g/mol. The number of rotatable bonds is 10. The molecule has 0 heterocycles. The summed E-state index contributed by atoms with van der Waals surface area (Å²) in [5.41, 5.74) is -1.30. The van der Waals surface area contributed by atoms with Crippen LogP contribution >= 0.6 is 0 Å². The van der Waals surface area contributed by atoms with E-state index in [1.54, 1.807) is 30.3 Å². The Labute approximate surface area is 242 Å². The van der Waals surface area contributed by atoms with Gasteiger partial charge in [0.2, 0.25) is 0 Å². The van der Waals surface area contributed by atoms with Crippen LogP contribution < -0.4 is 15.4 Å². The standard InChI is InChI=1S/C30H28F6N2O5/c1-42-26(40)18-11-24(25(39)12-18)37-28(41)38-29(16-17-5-3-2-4-6-17,19-7-9-21(31)10-8-19)20-13-22(32)15-23(14-20)43-30(35,36)27(33)34/h2-10,13-15,18,24-25,27,39H,11-12,16H2,1H3,(H2,37,38,41)/t18?,24?,25?,29-/m1/s1. The number of hydrogen-bond acceptors (Lipinski definition) is 5. The van der Waals surface area contributed by atoms with E-state index in [0.29, 0.717) is 11.6 Å². The van der Waals surface area contributed by atoms with Crippen molar-refractivity contribution in [2.45, 2.75) is 49.5 Å². The third-order valence-corrected chi connectivity index (χ3v) is 7.23. The Morgan fingerprint density at radius 2 is 1.63 bits per heavy atom. The number of ether oxygens (including phenoxy) is 2. The molecule has 2 amide bonds. The Hall–Kier alpha value is -4.26. The summed E-state index contributed by atoms with van der Waals surface area (Å²) in [5, 5.41) is 15.8. The molecule has 43 heavy (non-hydrogen) atoms. The number of alkyl halides is 4. The first kappa shape index (κ1) is 31.7. The third kappa shape index (κ3) is 7.39. The SMILES string of the molecule is COC(=O)C1CC(O)C(NC(=O)N[C@](Cc2ccccc2)(c2ccc(F)cc2)c2cc(F)cc(OC(F)(F)C(F)F)c2)C1. The molecule has 1 aliphatic carbocycles. The van der Waals surface area contributed by atoms with Crippen LogP contribution in [0, 0.1) is 17.6 Å². The molecule has 4 rings (SSSR count). The molecule has 1 fully saturated rings. The van der Waals surface area contributed by atoms with Gasteiger partial charge in [-0.05, 0) is 53.8 Å². The maximum absolute atomic E-state index is 14.9. The van der Waals surface area contributed by atoms with E-state index in [-0.39, 0.29) is 30.4 Å². The van der Waals surface area contributed by atoms with Crippen molar-refractivity contribution in [3.05, 3.63) is 101 Å². The number of aliphatic hydroxyl groups is 1. The minimum absolute atomic E-state index is 0.0215. The Balaban J connectivity index is 1.81. The number of amides is 2. The number of carbonyl (C=O) groups is 2. The first-order chi connectivity index (χ1) is 20.3. The highest BCUT2D eigenvalue weighted by molar-refractivity contribution is 5.77. The molecule has 3 unspecified atom stereocenters. The fraction of sp³-hybridized carbons (Fsp3) is 0.333. The van der Waals surface area contributed by atoms with E-state index in [0.717, 1.165) is 24.3 Å². The third-order valence-electron chi connectivity index (χ3n) is 7.23. The van der Waals surface area contributed by atoms with Crippen LogP contribution in [0.2, 0.25) is 0 Å². The molecule has 0 radical (unpaired) electrons. The highest BCUT2D eigenvalue weighted by Crippen LogP contribution is 2.38. The molecule has 0 aromatic heterocycles. The van der Waals surface area contributed by atoms with Crippen LogP contribution in [0.4, 0.5) is 31.1 Å². The molecule has 230 valence electrons. The quantitative estimate of drug-likeness (QED) is 0.214. The monoisotopic (exact) mass is 610 g/mol. The largest absolute Gasteiger partial charge is 0.469 e. The van der Waals surface area contributed by atoms with Crippen molar-refractivity contribution in [2.75, 3.05) is 7.11 Å². The summed E-state index contributed by atoms with van der Waals surface area (Å²) in [7, 11) is 1.19. The molecule has 3 aromatic carbocycles. The first-order valence-corrected chi connectivity index (χ1v) is 13.1. The second-order valence-electron chi connectivity index (χ2n) is 10.2. The molecular formula is C30H28F6N2O5. The number of esters is 1. The fourth-order valence-electron chi connectivity index (χ4n) is 5.19. The van der Waals surface area contributed by atoms with Crippen LogP contribution in [0.3, 0.4) is 0 Å². The van der Waals surface area contributed by atoms with E-state index in [2.05, 4.69) is 15.4 Å². The number of benzene rings is 3. The molecule has 3 aromatic rings. The van der Waals surface area contributed by atoms with Crippen LogP contribution in [-0.4, -0.2) is 48.9 Å². The molecule has 0 bridgehead atoms. The minimum atomic E-state index is -4.96. The molecule has 7 nitrogen and oxygen atoms in total. The lowest BCUT2D eigenvalue weighted by molar-refractivity contribution is -0.253. The van der Waals surface area contributed by atoms with Crippen LogP contribution in [0.5, 0.6) is 5.75 Å². The number of aliphatic hydroxyl groups excluding tert-OH is 1. The van der Waals surface area contributed by atoms with E-state index in [1.165, 1.54) is 19.2 Å². The normalized spacial score (nSPS) is 19.9. The van der Waals surface area contributed by atoms with E-state index < -0.39 is 65.5 Å². The highest BCUT2D eigenvalue weighted by Gasteiger charge is 2.45. The van der Waals surface area contributed by atoms with Gasteiger partial charge in [0.05, 0.1) is 30.7 Å². The van der Waals surface area contributed by atoms with Crippen LogP contribution in [0.15, 0.2) is 72.8 Å². The summed E-state index contributed by atoms with van der Waals surface area (Å²) >= 11 is 0. The molecule has 13 heteroatoms. The predicted octanol–water partition coefficient (Wildman–Crippen LogP) is 5.30. The lowest BCUT2D eigenvalue weighted by atomic mass is 9.77. The van der Waals surface area contributed by atoms with Crippen molar-refractivity contribution in [1.29, 1.82) is 0 Å². The Bertz CT molecular complexity index is 1430. The topological polar surface area (TPSA) is 96.9 Å². The van der Waals surface area contributed by atoms with E-state index in [1.807, 2.05) is 0 Å². The average molecular weight is 611 g/mol. The van der Waals surface area contributed by atoms with Crippen molar-refractivity contribution >= 4 is 12.0 Å². The van der Waals surface area contributed by atoms with Crippen molar-refractivity contribution in [3.63, 3.8) is 0 Å². The summed E-state index contributed by atoms with van der Waals surface area (Å²) < 4.78 is 91.3. The highest BCUT2D eigenvalue weighted by atomic mass is 19.3. The summed E-state index contributed by atoms with van der Waals surface area (Å²) in [6.45, 7) is 0. The Morgan fingerprint density at radius 3 is 2.26 bits per heavy atom. The van der Waals surface area contributed by atoms with E-state index >= 15 is 0 Å². The molecule has 0 aliphatic heterocycles. The molecule has 1 aliphatic rings. The fourth-order valence-corrected chi connectivity index (χ4v) is 5.19. The molecule has 4 atom stereocenters. The zero-order valence-electron chi connectivity index (χ0n) is 22.7. The van der Waals surface area contributed by atoms with Gasteiger partial charge in [-0.2, -0.15) is 17.6 Å². The maximum Gasteiger partial charge on any atom is 0.461 e. The van der Waals surface area contributed by atoms with Gasteiger partial charge in [0.1, 0.15) is 17.4 Å². The lowest BCUT2D eigenvalue weighted by Crippen LogP contribution is -2.55. The van der Waals surface area contributed by atoms with Gasteiger partial charge in [-0.1, -0.05) is 42.5 Å². The molecule has 3 N–H and O–H groups in total. The second kappa shape index (κ2) is 12.9. The number of halogens is 6. The van der Waals surface area contributed by atoms with Crippen LogP contribution in [0.25, 0.3) is 0 Å². The maximum atomic E-state index is 14.9. The van der Waals surface area contributed by atoms with Gasteiger partial charge in [-0.3, -0.25) is 4.79 Å². The molecule has 1 saturated carbocycles. The number of carbonyl (C=O) groups excluding carboxylic acids is 2. The van der Waals surface area contributed by atoms with E-state index in [9.17, 15) is 41.0 Å². The van der Waals surface area contributed by atoms with Gasteiger partial charge in [-0.15, -0.1) is 0 Å². The van der Waals surface area contributed by atoms with Crippen LogP contribution in [-0.2, 0) is 21.5 Å². The smallest absolute Gasteiger partial charge is 0.461 e. The molecule has 0 spiro atoms. The molecule has 0 saturated heterocycles. The van der Waals surface area contributed by atoms with Crippen molar-refractivity contribution in [2.24, 2.45) is 5.92 Å². The van der Waals surface area contributed by atoms with Crippen molar-refractivity contribution < 1.29 is 50.5 Å². The predicted molar refractivity (Wildman–Crippen MR) is 142 cm³/mol. The summed E-state index contributed by atoms with van der Waals surface area (Å²) in [5.74, 6) is -4.00. The van der Waals surface area contributed by atoms with Crippen molar-refractivity contribution in [1.82, 2.24) is 10.6 Å². The summed E-state index contributed by atoms with van der Waals surface area (Å²) in [4.78, 5) is 25.5.